The Morgan fingerprint density at radius 1 is 1.12 bits per heavy atom. The number of aryl methyl sites for hydroxylation is 1. The molecule has 1 fully saturated rings. The van der Waals surface area contributed by atoms with Crippen LogP contribution in [0.15, 0.2) is 42.9 Å². The van der Waals surface area contributed by atoms with E-state index in [2.05, 4.69) is 40.9 Å². The first-order valence-electron chi connectivity index (χ1n) is 11.7. The first-order valence-corrected chi connectivity index (χ1v) is 12.0. The molecule has 0 radical (unpaired) electrons. The summed E-state index contributed by atoms with van der Waals surface area (Å²) >= 11 is 6.66. The number of piperidine rings is 1. The summed E-state index contributed by atoms with van der Waals surface area (Å²) in [4.78, 5) is 30.6. The van der Waals surface area contributed by atoms with Gasteiger partial charge in [0.15, 0.2) is 0 Å². The van der Waals surface area contributed by atoms with Crippen molar-refractivity contribution in [3.8, 4) is 22.4 Å². The Balaban J connectivity index is 1.61. The van der Waals surface area contributed by atoms with Crippen LogP contribution in [0.25, 0.3) is 22.4 Å². The second-order valence-corrected chi connectivity index (χ2v) is 9.47. The van der Waals surface area contributed by atoms with Crippen molar-refractivity contribution in [1.82, 2.24) is 24.8 Å². The quantitative estimate of drug-likeness (QED) is 0.564. The van der Waals surface area contributed by atoms with Crippen LogP contribution in [0.3, 0.4) is 0 Å². The third kappa shape index (κ3) is 5.21. The number of nitrogens with zero attached hydrogens (tertiary/aromatic N) is 5. The van der Waals surface area contributed by atoms with Crippen LogP contribution in [0.2, 0.25) is 5.02 Å². The molecule has 178 valence electrons. The molecule has 0 atom stereocenters. The van der Waals surface area contributed by atoms with Crippen molar-refractivity contribution in [2.75, 3.05) is 39.5 Å². The molecule has 3 aromatic rings. The summed E-state index contributed by atoms with van der Waals surface area (Å²) < 4.78 is 0. The van der Waals surface area contributed by atoms with Crippen LogP contribution in [-0.2, 0) is 6.42 Å². The van der Waals surface area contributed by atoms with Crippen LogP contribution in [-0.4, -0.2) is 64.4 Å². The number of rotatable bonds is 6. The van der Waals surface area contributed by atoms with E-state index < -0.39 is 0 Å². The van der Waals surface area contributed by atoms with E-state index in [1.165, 1.54) is 0 Å². The van der Waals surface area contributed by atoms with Crippen LogP contribution in [0.4, 0.5) is 5.82 Å². The number of carbonyl (C=O) groups is 1. The summed E-state index contributed by atoms with van der Waals surface area (Å²) in [5.74, 6) is 1.07. The van der Waals surface area contributed by atoms with Gasteiger partial charge in [0, 0.05) is 42.5 Å². The number of halogens is 1. The Hall–Kier alpha value is -3.03. The molecule has 2 N–H and O–H groups in total. The lowest BCUT2D eigenvalue weighted by Gasteiger charge is -2.33. The van der Waals surface area contributed by atoms with Gasteiger partial charge >= 0.3 is 0 Å². The lowest BCUT2D eigenvalue weighted by molar-refractivity contribution is 0.0678. The van der Waals surface area contributed by atoms with Crippen LogP contribution >= 0.6 is 11.6 Å². The van der Waals surface area contributed by atoms with Gasteiger partial charge in [0.05, 0.1) is 22.0 Å². The molecule has 1 saturated heterocycles. The first-order chi connectivity index (χ1) is 16.4. The van der Waals surface area contributed by atoms with Gasteiger partial charge in [0.2, 0.25) is 0 Å². The van der Waals surface area contributed by atoms with E-state index in [1.807, 2.05) is 29.2 Å². The molecular formula is C26H31ClN6O. The Morgan fingerprint density at radius 3 is 2.47 bits per heavy atom. The van der Waals surface area contributed by atoms with Crippen molar-refractivity contribution in [3.63, 3.8) is 0 Å². The zero-order valence-corrected chi connectivity index (χ0v) is 20.7. The highest BCUT2D eigenvalue weighted by molar-refractivity contribution is 6.34. The van der Waals surface area contributed by atoms with Crippen molar-refractivity contribution in [1.29, 1.82) is 0 Å². The molecule has 1 aliphatic heterocycles. The molecule has 34 heavy (non-hydrogen) atoms. The molecule has 0 spiro atoms. The number of nitrogens with two attached hydrogens (primary N) is 1. The number of carbonyl (C=O) groups excluding carboxylic acids is 1. The smallest absolute Gasteiger partial charge is 0.255 e. The first kappa shape index (κ1) is 24.1. The summed E-state index contributed by atoms with van der Waals surface area (Å²) in [5.41, 5.74) is 10.6. The van der Waals surface area contributed by atoms with Gasteiger partial charge in [-0.25, -0.2) is 15.0 Å². The zero-order valence-electron chi connectivity index (χ0n) is 20.0. The summed E-state index contributed by atoms with van der Waals surface area (Å²) in [5, 5.41) is 0.427. The minimum absolute atomic E-state index is 0.0141. The van der Waals surface area contributed by atoms with Crippen LogP contribution in [0.1, 0.15) is 35.8 Å². The predicted octanol–water partition coefficient (Wildman–Crippen LogP) is 4.42. The van der Waals surface area contributed by atoms with Crippen LogP contribution in [0, 0.1) is 5.92 Å². The normalized spacial score (nSPS) is 14.6. The number of nitrogen functional groups attached to an aromatic ring is 1. The Bertz CT molecular complexity index is 1160. The fourth-order valence-electron chi connectivity index (χ4n) is 4.61. The van der Waals surface area contributed by atoms with E-state index in [-0.39, 0.29) is 5.91 Å². The van der Waals surface area contributed by atoms with Crippen LogP contribution in [0.5, 0.6) is 0 Å². The molecule has 1 aliphatic rings. The minimum Gasteiger partial charge on any atom is -0.384 e. The van der Waals surface area contributed by atoms with Crippen molar-refractivity contribution in [2.45, 2.75) is 26.2 Å². The second-order valence-electron chi connectivity index (χ2n) is 9.06. The number of pyridine rings is 1. The highest BCUT2D eigenvalue weighted by atomic mass is 35.5. The molecule has 8 heteroatoms. The van der Waals surface area contributed by atoms with Gasteiger partial charge in [0.1, 0.15) is 12.1 Å². The van der Waals surface area contributed by atoms with Gasteiger partial charge in [-0.2, -0.15) is 0 Å². The van der Waals surface area contributed by atoms with E-state index in [1.54, 1.807) is 18.6 Å². The average Bonchev–Trinajstić information content (AvgIpc) is 2.84. The van der Waals surface area contributed by atoms with Gasteiger partial charge in [0.25, 0.3) is 5.91 Å². The molecule has 0 unspecified atom stereocenters. The third-order valence-corrected chi connectivity index (χ3v) is 6.65. The van der Waals surface area contributed by atoms with Crippen LogP contribution < -0.4 is 5.73 Å². The largest absolute Gasteiger partial charge is 0.384 e. The SMILES string of the molecule is CCc1ncnc(-c2ccc(C(=O)N3CCC(CN(C)C)CC3)c(Cl)c2)c1-c1ccc(N)nc1. The highest BCUT2D eigenvalue weighted by Gasteiger charge is 2.25. The number of benzene rings is 1. The molecule has 7 nitrogen and oxygen atoms in total. The Labute approximate surface area is 206 Å². The summed E-state index contributed by atoms with van der Waals surface area (Å²) in [6, 6.07) is 9.23. The maximum atomic E-state index is 13.2. The van der Waals surface area contributed by atoms with Crippen molar-refractivity contribution >= 4 is 23.3 Å². The van der Waals surface area contributed by atoms with E-state index in [9.17, 15) is 4.79 Å². The van der Waals surface area contributed by atoms with E-state index in [0.717, 1.165) is 67.0 Å². The molecular weight excluding hydrogens is 448 g/mol. The van der Waals surface area contributed by atoms with Gasteiger partial charge < -0.3 is 15.5 Å². The number of anilines is 1. The second kappa shape index (κ2) is 10.5. The molecule has 3 heterocycles. The third-order valence-electron chi connectivity index (χ3n) is 6.33. The fraction of sp³-hybridized carbons (Fsp3) is 0.385. The molecule has 1 aromatic carbocycles. The van der Waals surface area contributed by atoms with Crippen molar-refractivity contribution < 1.29 is 4.79 Å². The van der Waals surface area contributed by atoms with Crippen molar-refractivity contribution in [2.24, 2.45) is 5.92 Å². The number of hydrogen-bond acceptors (Lipinski definition) is 6. The maximum absolute atomic E-state index is 13.2. The summed E-state index contributed by atoms with van der Waals surface area (Å²) in [7, 11) is 4.18. The molecule has 0 bridgehead atoms. The average molecular weight is 479 g/mol. The van der Waals surface area contributed by atoms with Crippen molar-refractivity contribution in [3.05, 3.63) is 59.1 Å². The van der Waals surface area contributed by atoms with E-state index in [0.29, 0.717) is 22.3 Å². The minimum atomic E-state index is -0.0141. The van der Waals surface area contributed by atoms with Gasteiger partial charge in [-0.1, -0.05) is 24.6 Å². The highest BCUT2D eigenvalue weighted by Crippen LogP contribution is 2.35. The number of likely N-dealkylation sites (tertiary alicyclic amines) is 1. The molecule has 2 aromatic heterocycles. The predicted molar refractivity (Wildman–Crippen MR) is 137 cm³/mol. The molecule has 1 amide bonds. The monoisotopic (exact) mass is 478 g/mol. The Morgan fingerprint density at radius 2 is 1.85 bits per heavy atom. The topological polar surface area (TPSA) is 88.2 Å². The maximum Gasteiger partial charge on any atom is 0.255 e. The zero-order chi connectivity index (χ0) is 24.2. The molecule has 0 saturated carbocycles. The fourth-order valence-corrected chi connectivity index (χ4v) is 4.87. The molecule has 4 rings (SSSR count). The number of hydrogen-bond donors (Lipinski definition) is 1. The lowest BCUT2D eigenvalue weighted by Crippen LogP contribution is -2.40. The van der Waals surface area contributed by atoms with Gasteiger partial charge in [-0.05, 0) is 63.5 Å². The lowest BCUT2D eigenvalue weighted by atomic mass is 9.95. The number of aromatic nitrogens is 3. The Kier molecular flexibility index (Phi) is 7.44. The number of amides is 1. The van der Waals surface area contributed by atoms with E-state index >= 15 is 0 Å². The van der Waals surface area contributed by atoms with Gasteiger partial charge in [-0.15, -0.1) is 0 Å². The standard InChI is InChI=1S/C26H31ClN6O/c1-4-22-24(19-6-8-23(28)29-14-19)25(31-16-30-22)18-5-7-20(21(27)13-18)26(34)33-11-9-17(10-12-33)15-32(2)3/h5-8,13-14,16-17H,4,9-12,15H2,1-3H3,(H2,28,29). The summed E-state index contributed by atoms with van der Waals surface area (Å²) in [6.45, 7) is 4.63. The molecule has 0 aliphatic carbocycles. The van der Waals surface area contributed by atoms with E-state index in [4.69, 9.17) is 17.3 Å². The summed E-state index contributed by atoms with van der Waals surface area (Å²) in [6.07, 6.45) is 6.06. The van der Waals surface area contributed by atoms with Gasteiger partial charge in [-0.3, -0.25) is 4.79 Å².